The molecule has 0 aliphatic carbocycles. The number of fused-ring (bicyclic) bond motifs is 1. The molecule has 1 amide bonds. The monoisotopic (exact) mass is 296 g/mol. The quantitative estimate of drug-likeness (QED) is 0.946. The van der Waals surface area contributed by atoms with E-state index in [1.165, 1.54) is 0 Å². The molecular weight excluding hydrogens is 276 g/mol. The summed E-state index contributed by atoms with van der Waals surface area (Å²) in [5.74, 6) is 0.110. The van der Waals surface area contributed by atoms with Crippen LogP contribution < -0.4 is 5.32 Å². The molecule has 1 aliphatic rings. The number of amides is 1. The van der Waals surface area contributed by atoms with E-state index in [0.29, 0.717) is 24.5 Å². The average molecular weight is 296 g/mol. The normalized spacial score (nSPS) is 14.4. The van der Waals surface area contributed by atoms with E-state index in [1.807, 2.05) is 37.3 Å². The second-order valence-corrected chi connectivity index (χ2v) is 5.66. The molecule has 2 heterocycles. The van der Waals surface area contributed by atoms with Gasteiger partial charge in [-0.25, -0.2) is 4.99 Å². The lowest BCUT2D eigenvalue weighted by Gasteiger charge is -2.06. The number of carbonyl (C=O) groups excluding carboxylic acids is 1. The van der Waals surface area contributed by atoms with Crippen molar-refractivity contribution in [2.75, 3.05) is 6.54 Å². The maximum atomic E-state index is 12.5. The molecule has 0 saturated heterocycles. The van der Waals surface area contributed by atoms with Crippen LogP contribution in [-0.4, -0.2) is 27.9 Å². The Morgan fingerprint density at radius 2 is 2.00 bits per heavy atom. The third kappa shape index (κ3) is 2.43. The summed E-state index contributed by atoms with van der Waals surface area (Å²) in [6.45, 7) is 7.21. The van der Waals surface area contributed by atoms with Gasteiger partial charge in [-0.05, 0) is 18.4 Å². The van der Waals surface area contributed by atoms with Gasteiger partial charge in [0.2, 0.25) is 0 Å². The Labute approximate surface area is 130 Å². The fourth-order valence-electron chi connectivity index (χ4n) is 2.64. The molecule has 2 aromatic rings. The molecule has 0 radical (unpaired) electrons. The van der Waals surface area contributed by atoms with Crippen molar-refractivity contribution in [3.8, 4) is 0 Å². The third-order valence-corrected chi connectivity index (χ3v) is 3.79. The van der Waals surface area contributed by atoms with Gasteiger partial charge in [0.05, 0.1) is 18.0 Å². The SMILES string of the molecule is CCn1nc(C(C)C)c2c1C(=O)NCC(c1ccccc1)=N2. The van der Waals surface area contributed by atoms with Crippen LogP contribution in [0.15, 0.2) is 35.3 Å². The lowest BCUT2D eigenvalue weighted by molar-refractivity contribution is 0.0950. The van der Waals surface area contributed by atoms with E-state index in [9.17, 15) is 4.79 Å². The Morgan fingerprint density at radius 1 is 1.27 bits per heavy atom. The summed E-state index contributed by atoms with van der Waals surface area (Å²) in [6.07, 6.45) is 0. The van der Waals surface area contributed by atoms with Gasteiger partial charge in [-0.2, -0.15) is 5.10 Å². The number of aliphatic imine (C=N–C) groups is 1. The number of nitrogens with one attached hydrogen (secondary N) is 1. The molecule has 0 spiro atoms. The summed E-state index contributed by atoms with van der Waals surface area (Å²) in [6, 6.07) is 9.94. The standard InChI is InChI=1S/C17H20N4O/c1-4-21-16-15(14(20-21)11(2)3)19-13(10-18-17(16)22)12-8-6-5-7-9-12/h5-9,11H,4,10H2,1-3H3,(H,18,22). The molecule has 5 nitrogen and oxygen atoms in total. The van der Waals surface area contributed by atoms with Crippen molar-refractivity contribution in [3.63, 3.8) is 0 Å². The number of aryl methyl sites for hydroxylation is 1. The number of aromatic nitrogens is 2. The topological polar surface area (TPSA) is 59.3 Å². The Morgan fingerprint density at radius 3 is 2.64 bits per heavy atom. The van der Waals surface area contributed by atoms with Crippen molar-refractivity contribution in [2.24, 2.45) is 4.99 Å². The van der Waals surface area contributed by atoms with Crippen LogP contribution in [0, 0.1) is 0 Å². The predicted molar refractivity (Wildman–Crippen MR) is 87.0 cm³/mol. The zero-order valence-electron chi connectivity index (χ0n) is 13.1. The lowest BCUT2D eigenvalue weighted by Crippen LogP contribution is -2.29. The summed E-state index contributed by atoms with van der Waals surface area (Å²) in [5, 5.41) is 7.52. The zero-order valence-corrected chi connectivity index (χ0v) is 13.1. The van der Waals surface area contributed by atoms with Crippen molar-refractivity contribution in [1.29, 1.82) is 0 Å². The highest BCUT2D eigenvalue weighted by atomic mass is 16.2. The molecule has 0 fully saturated rings. The maximum Gasteiger partial charge on any atom is 0.272 e. The van der Waals surface area contributed by atoms with Gasteiger partial charge >= 0.3 is 0 Å². The first-order valence-electron chi connectivity index (χ1n) is 7.63. The molecule has 3 rings (SSSR count). The summed E-state index contributed by atoms with van der Waals surface area (Å²) in [7, 11) is 0. The minimum Gasteiger partial charge on any atom is -0.345 e. The maximum absolute atomic E-state index is 12.5. The number of hydrogen-bond acceptors (Lipinski definition) is 3. The molecule has 0 unspecified atom stereocenters. The van der Waals surface area contributed by atoms with Crippen LogP contribution in [0.4, 0.5) is 5.69 Å². The number of hydrogen-bond donors (Lipinski definition) is 1. The van der Waals surface area contributed by atoms with Crippen molar-refractivity contribution in [1.82, 2.24) is 15.1 Å². The molecule has 1 N–H and O–H groups in total. The molecule has 1 aromatic carbocycles. The van der Waals surface area contributed by atoms with Gasteiger partial charge in [0.1, 0.15) is 5.69 Å². The molecule has 0 atom stereocenters. The highest BCUT2D eigenvalue weighted by Gasteiger charge is 2.27. The van der Waals surface area contributed by atoms with Gasteiger partial charge in [0, 0.05) is 6.54 Å². The van der Waals surface area contributed by atoms with Crippen LogP contribution in [0.2, 0.25) is 0 Å². The largest absolute Gasteiger partial charge is 0.345 e. The Balaban J connectivity index is 2.19. The van der Waals surface area contributed by atoms with Gasteiger partial charge < -0.3 is 5.32 Å². The van der Waals surface area contributed by atoms with Gasteiger partial charge in [-0.3, -0.25) is 9.48 Å². The summed E-state index contributed by atoms with van der Waals surface area (Å²) in [4.78, 5) is 17.3. The molecule has 0 bridgehead atoms. The first-order chi connectivity index (χ1) is 10.6. The fourth-order valence-corrected chi connectivity index (χ4v) is 2.64. The van der Waals surface area contributed by atoms with E-state index in [2.05, 4.69) is 24.3 Å². The number of rotatable bonds is 3. The molecule has 114 valence electrons. The molecule has 5 heteroatoms. The smallest absolute Gasteiger partial charge is 0.272 e. The number of nitrogens with zero attached hydrogens (tertiary/aromatic N) is 3. The van der Waals surface area contributed by atoms with E-state index in [0.717, 1.165) is 17.0 Å². The molecular formula is C17H20N4O. The lowest BCUT2D eigenvalue weighted by atomic mass is 10.1. The Kier molecular flexibility index (Phi) is 3.79. The van der Waals surface area contributed by atoms with Gasteiger partial charge in [-0.1, -0.05) is 44.2 Å². The average Bonchev–Trinajstić information content (AvgIpc) is 2.81. The van der Waals surface area contributed by atoms with Crippen LogP contribution in [0.3, 0.4) is 0 Å². The summed E-state index contributed by atoms with van der Waals surface area (Å²) < 4.78 is 1.75. The predicted octanol–water partition coefficient (Wildman–Crippen LogP) is 2.89. The zero-order chi connectivity index (χ0) is 15.7. The summed E-state index contributed by atoms with van der Waals surface area (Å²) >= 11 is 0. The van der Waals surface area contributed by atoms with Crippen LogP contribution in [-0.2, 0) is 6.54 Å². The second-order valence-electron chi connectivity index (χ2n) is 5.66. The van der Waals surface area contributed by atoms with Gasteiger partial charge in [0.25, 0.3) is 5.91 Å². The molecule has 1 aromatic heterocycles. The van der Waals surface area contributed by atoms with E-state index in [-0.39, 0.29) is 11.8 Å². The van der Waals surface area contributed by atoms with Crippen LogP contribution in [0.25, 0.3) is 0 Å². The van der Waals surface area contributed by atoms with Gasteiger partial charge in [-0.15, -0.1) is 0 Å². The van der Waals surface area contributed by atoms with Crippen LogP contribution in [0.5, 0.6) is 0 Å². The highest BCUT2D eigenvalue weighted by Crippen LogP contribution is 2.32. The van der Waals surface area contributed by atoms with E-state index >= 15 is 0 Å². The van der Waals surface area contributed by atoms with Crippen molar-refractivity contribution in [3.05, 3.63) is 47.3 Å². The first-order valence-corrected chi connectivity index (χ1v) is 7.63. The van der Waals surface area contributed by atoms with Crippen LogP contribution in [0.1, 0.15) is 48.4 Å². The molecule has 1 aliphatic heterocycles. The van der Waals surface area contributed by atoms with Gasteiger partial charge in [0.15, 0.2) is 5.69 Å². The first kappa shape index (κ1) is 14.5. The molecule has 22 heavy (non-hydrogen) atoms. The summed E-state index contributed by atoms with van der Waals surface area (Å²) in [5.41, 5.74) is 4.05. The van der Waals surface area contributed by atoms with Crippen molar-refractivity contribution in [2.45, 2.75) is 33.2 Å². The van der Waals surface area contributed by atoms with E-state index < -0.39 is 0 Å². The number of carbonyl (C=O) groups is 1. The van der Waals surface area contributed by atoms with E-state index in [1.54, 1.807) is 4.68 Å². The third-order valence-electron chi connectivity index (χ3n) is 3.79. The highest BCUT2D eigenvalue weighted by molar-refractivity contribution is 6.10. The Hall–Kier alpha value is -2.43. The van der Waals surface area contributed by atoms with Crippen LogP contribution >= 0.6 is 0 Å². The van der Waals surface area contributed by atoms with Crippen molar-refractivity contribution >= 4 is 17.3 Å². The fraction of sp³-hybridized carbons (Fsp3) is 0.353. The van der Waals surface area contributed by atoms with Crippen molar-refractivity contribution < 1.29 is 4.79 Å². The number of benzene rings is 1. The Bertz CT molecular complexity index is 729. The molecule has 0 saturated carbocycles. The minimum atomic E-state index is -0.106. The minimum absolute atomic E-state index is 0.106. The van der Waals surface area contributed by atoms with E-state index in [4.69, 9.17) is 4.99 Å². The second kappa shape index (κ2) is 5.75.